The molecule has 0 radical (unpaired) electrons. The minimum absolute atomic E-state index is 0.0314. The van der Waals surface area contributed by atoms with Crippen LogP contribution in [0.25, 0.3) is 0 Å². The van der Waals surface area contributed by atoms with Crippen molar-refractivity contribution in [2.75, 3.05) is 20.2 Å². The van der Waals surface area contributed by atoms with Crippen LogP contribution in [0.2, 0.25) is 5.02 Å². The zero-order chi connectivity index (χ0) is 15.5. The van der Waals surface area contributed by atoms with Crippen molar-refractivity contribution in [3.05, 3.63) is 28.3 Å². The summed E-state index contributed by atoms with van der Waals surface area (Å²) in [6.07, 6.45) is 1.84. The lowest BCUT2D eigenvalue weighted by Crippen LogP contribution is -2.32. The van der Waals surface area contributed by atoms with Crippen molar-refractivity contribution in [3.63, 3.8) is 0 Å². The molecule has 1 aromatic rings. The molecule has 118 valence electrons. The summed E-state index contributed by atoms with van der Waals surface area (Å²) >= 11 is 6.05. The van der Waals surface area contributed by atoms with Gasteiger partial charge in [-0.3, -0.25) is 0 Å². The molecule has 0 spiro atoms. The number of nitrogens with one attached hydrogen (secondary N) is 2. The highest BCUT2D eigenvalue weighted by Gasteiger charge is 2.23. The summed E-state index contributed by atoms with van der Waals surface area (Å²) in [5.41, 5.74) is 1.59. The molecule has 0 bridgehead atoms. The Morgan fingerprint density at radius 2 is 2.19 bits per heavy atom. The molecule has 7 heteroatoms. The van der Waals surface area contributed by atoms with Crippen molar-refractivity contribution in [1.29, 1.82) is 0 Å². The zero-order valence-corrected chi connectivity index (χ0v) is 13.9. The third kappa shape index (κ3) is 4.17. The average Bonchev–Trinajstić information content (AvgIpc) is 2.94. The highest BCUT2D eigenvalue weighted by Crippen LogP contribution is 2.24. The summed E-state index contributed by atoms with van der Waals surface area (Å²) in [6, 6.07) is 3.28. The second-order valence-electron chi connectivity index (χ2n) is 5.21. The number of hydrogen-bond donors (Lipinski definition) is 2. The first-order chi connectivity index (χ1) is 9.94. The second kappa shape index (κ2) is 7.07. The van der Waals surface area contributed by atoms with E-state index in [2.05, 4.69) is 10.0 Å². The van der Waals surface area contributed by atoms with Gasteiger partial charge in [0.15, 0.2) is 0 Å². The third-order valence-corrected chi connectivity index (χ3v) is 5.38. The smallest absolute Gasteiger partial charge is 0.240 e. The largest absolute Gasteiger partial charge is 0.377 e. The maximum Gasteiger partial charge on any atom is 0.240 e. The minimum Gasteiger partial charge on any atom is -0.377 e. The molecule has 21 heavy (non-hydrogen) atoms. The van der Waals surface area contributed by atoms with Gasteiger partial charge in [0.1, 0.15) is 0 Å². The van der Waals surface area contributed by atoms with Crippen LogP contribution in [0, 0.1) is 6.92 Å². The van der Waals surface area contributed by atoms with Crippen molar-refractivity contribution in [2.24, 2.45) is 0 Å². The molecule has 0 aliphatic carbocycles. The molecule has 5 nitrogen and oxygen atoms in total. The van der Waals surface area contributed by atoms with E-state index < -0.39 is 10.0 Å². The van der Waals surface area contributed by atoms with Gasteiger partial charge in [-0.1, -0.05) is 11.6 Å². The molecule has 2 rings (SSSR count). The number of hydrogen-bond acceptors (Lipinski definition) is 4. The number of sulfonamides is 1. The van der Waals surface area contributed by atoms with Crippen molar-refractivity contribution in [3.8, 4) is 0 Å². The fourth-order valence-electron chi connectivity index (χ4n) is 2.45. The molecule has 0 aromatic heterocycles. The van der Waals surface area contributed by atoms with Crippen LogP contribution in [-0.4, -0.2) is 34.7 Å². The van der Waals surface area contributed by atoms with Crippen LogP contribution < -0.4 is 10.0 Å². The van der Waals surface area contributed by atoms with Gasteiger partial charge in [0.25, 0.3) is 0 Å². The highest BCUT2D eigenvalue weighted by atomic mass is 35.5. The van der Waals surface area contributed by atoms with Crippen molar-refractivity contribution in [1.82, 2.24) is 10.0 Å². The molecule has 1 atom stereocenters. The van der Waals surface area contributed by atoms with Gasteiger partial charge in [0.05, 0.1) is 11.0 Å². The van der Waals surface area contributed by atoms with E-state index in [4.69, 9.17) is 16.3 Å². The Hall–Kier alpha value is -0.660. The number of rotatable bonds is 6. The predicted octanol–water partition coefficient (Wildman–Crippen LogP) is 1.83. The molecule has 0 amide bonds. The van der Waals surface area contributed by atoms with Gasteiger partial charge < -0.3 is 10.1 Å². The molecule has 1 aliphatic heterocycles. The lowest BCUT2D eigenvalue weighted by atomic mass is 10.1. The van der Waals surface area contributed by atoms with Crippen molar-refractivity contribution >= 4 is 21.6 Å². The normalized spacial score (nSPS) is 19.1. The summed E-state index contributed by atoms with van der Waals surface area (Å²) in [6.45, 7) is 3.37. The quantitative estimate of drug-likeness (QED) is 0.834. The topological polar surface area (TPSA) is 67.4 Å². The molecule has 2 N–H and O–H groups in total. The Balaban J connectivity index is 2.21. The third-order valence-electron chi connectivity index (χ3n) is 3.61. The van der Waals surface area contributed by atoms with Crippen LogP contribution in [0.5, 0.6) is 0 Å². The highest BCUT2D eigenvalue weighted by molar-refractivity contribution is 7.89. The molecule has 1 unspecified atom stereocenters. The van der Waals surface area contributed by atoms with Crippen molar-refractivity contribution < 1.29 is 13.2 Å². The Kier molecular flexibility index (Phi) is 5.62. The van der Waals surface area contributed by atoms with E-state index in [0.717, 1.165) is 18.4 Å². The van der Waals surface area contributed by atoms with Crippen LogP contribution in [0.1, 0.15) is 24.0 Å². The van der Waals surface area contributed by atoms with E-state index in [1.165, 1.54) is 6.07 Å². The Morgan fingerprint density at radius 3 is 2.81 bits per heavy atom. The van der Waals surface area contributed by atoms with Gasteiger partial charge in [-0.05, 0) is 50.1 Å². The number of halogens is 1. The maximum absolute atomic E-state index is 12.5. The van der Waals surface area contributed by atoms with E-state index >= 15 is 0 Å². The van der Waals surface area contributed by atoms with Crippen LogP contribution in [0.4, 0.5) is 0 Å². The van der Waals surface area contributed by atoms with Gasteiger partial charge >= 0.3 is 0 Å². The summed E-state index contributed by atoms with van der Waals surface area (Å²) in [5.74, 6) is 0. The lowest BCUT2D eigenvalue weighted by molar-refractivity contribution is 0.114. The number of ether oxygens (including phenoxy) is 1. The van der Waals surface area contributed by atoms with Crippen molar-refractivity contribution in [2.45, 2.75) is 37.3 Å². The first-order valence-corrected chi connectivity index (χ1v) is 8.85. The summed E-state index contributed by atoms with van der Waals surface area (Å²) in [7, 11) is -1.77. The van der Waals surface area contributed by atoms with Gasteiger partial charge in [0, 0.05) is 24.7 Å². The fraction of sp³-hybridized carbons (Fsp3) is 0.571. The monoisotopic (exact) mass is 332 g/mol. The second-order valence-corrected chi connectivity index (χ2v) is 7.38. The number of benzene rings is 1. The van der Waals surface area contributed by atoms with Gasteiger partial charge in [-0.25, -0.2) is 13.1 Å². The van der Waals surface area contributed by atoms with Gasteiger partial charge in [0.2, 0.25) is 10.0 Å². The summed E-state index contributed by atoms with van der Waals surface area (Å²) in [4.78, 5) is 0.234. The fourth-order valence-corrected chi connectivity index (χ4v) is 4.13. The molecule has 1 fully saturated rings. The molecule has 1 aromatic carbocycles. The average molecular weight is 333 g/mol. The van der Waals surface area contributed by atoms with Crippen LogP contribution in [0.15, 0.2) is 17.0 Å². The Morgan fingerprint density at radius 1 is 1.43 bits per heavy atom. The standard InChI is InChI=1S/C14H21ClN2O3S/c1-10-11(8-16-2)6-12(15)7-14(10)21(18,19)17-9-13-4-3-5-20-13/h6-7,13,16-17H,3-5,8-9H2,1-2H3. The Bertz CT molecular complexity index is 598. The molecular formula is C14H21ClN2O3S. The maximum atomic E-state index is 12.5. The van der Waals surface area contributed by atoms with Crippen LogP contribution >= 0.6 is 11.6 Å². The van der Waals surface area contributed by atoms with Gasteiger partial charge in [-0.15, -0.1) is 0 Å². The molecule has 1 saturated heterocycles. The first kappa shape index (κ1) is 16.7. The van der Waals surface area contributed by atoms with Crippen LogP contribution in [-0.2, 0) is 21.3 Å². The van der Waals surface area contributed by atoms with E-state index in [1.54, 1.807) is 13.0 Å². The lowest BCUT2D eigenvalue weighted by Gasteiger charge is -2.15. The van der Waals surface area contributed by atoms with Crippen LogP contribution in [0.3, 0.4) is 0 Å². The molecule has 1 aliphatic rings. The summed E-state index contributed by atoms with van der Waals surface area (Å²) in [5, 5.41) is 3.43. The van der Waals surface area contributed by atoms with E-state index in [1.807, 2.05) is 7.05 Å². The molecule has 0 saturated carbocycles. The Labute approximate surface area is 131 Å². The molecule has 1 heterocycles. The molecular weight excluding hydrogens is 312 g/mol. The SMILES string of the molecule is CNCc1cc(Cl)cc(S(=O)(=O)NCC2CCCO2)c1C. The van der Waals surface area contributed by atoms with E-state index in [0.29, 0.717) is 30.3 Å². The summed E-state index contributed by atoms with van der Waals surface area (Å²) < 4.78 is 33.0. The van der Waals surface area contributed by atoms with E-state index in [9.17, 15) is 8.42 Å². The first-order valence-electron chi connectivity index (χ1n) is 6.99. The zero-order valence-electron chi connectivity index (χ0n) is 12.3. The van der Waals surface area contributed by atoms with Gasteiger partial charge in [-0.2, -0.15) is 0 Å². The van der Waals surface area contributed by atoms with E-state index in [-0.39, 0.29) is 11.0 Å². The predicted molar refractivity (Wildman–Crippen MR) is 83.1 cm³/mol. The minimum atomic E-state index is -3.58.